The smallest absolute Gasteiger partial charge is 0.0443 e. The lowest BCUT2D eigenvalue weighted by molar-refractivity contribution is 0.910. The molecule has 0 saturated carbocycles. The van der Waals surface area contributed by atoms with Gasteiger partial charge in [-0.1, -0.05) is 88.5 Å². The molecule has 26 heavy (non-hydrogen) atoms. The summed E-state index contributed by atoms with van der Waals surface area (Å²) in [7, 11) is 0. The maximum Gasteiger partial charge on any atom is 0.0443 e. The Bertz CT molecular complexity index is 774. The van der Waals surface area contributed by atoms with E-state index in [0.29, 0.717) is 0 Å². The highest BCUT2D eigenvalue weighted by Crippen LogP contribution is 2.32. The van der Waals surface area contributed by atoms with Gasteiger partial charge in [-0.2, -0.15) is 0 Å². The van der Waals surface area contributed by atoms with Crippen molar-refractivity contribution in [2.75, 3.05) is 0 Å². The Labute approximate surface area is 160 Å². The summed E-state index contributed by atoms with van der Waals surface area (Å²) < 4.78 is 0. The Morgan fingerprint density at radius 1 is 0.615 bits per heavy atom. The minimum absolute atomic E-state index is 0.948. The fraction of sp³-hybridized carbons (Fsp3) is 0.462. The standard InChI is InChI=1S/C26H32/c1-5-9-11-17-23-21(15-7-3)25-19-13-14-20-26(25)22(16-8-4)24(23)18-12-10-6-2/h13-14,19-20H,5-10,15-16H2,1-4H3. The van der Waals surface area contributed by atoms with Crippen LogP contribution in [0.15, 0.2) is 24.3 Å². The van der Waals surface area contributed by atoms with Crippen LogP contribution in [0.1, 0.15) is 88.5 Å². The average Bonchev–Trinajstić information content (AvgIpc) is 2.66. The van der Waals surface area contributed by atoms with Gasteiger partial charge in [-0.3, -0.25) is 0 Å². The number of fused-ring (bicyclic) bond motifs is 1. The molecule has 136 valence electrons. The van der Waals surface area contributed by atoms with Crippen LogP contribution in [0.2, 0.25) is 0 Å². The van der Waals surface area contributed by atoms with Crippen molar-refractivity contribution in [1.82, 2.24) is 0 Å². The molecule has 0 fully saturated rings. The predicted octanol–water partition coefficient (Wildman–Crippen LogP) is 7.05. The zero-order valence-electron chi connectivity index (χ0n) is 17.0. The molecule has 0 aliphatic rings. The van der Waals surface area contributed by atoms with Crippen molar-refractivity contribution >= 4 is 10.8 Å². The number of benzene rings is 2. The monoisotopic (exact) mass is 344 g/mol. The van der Waals surface area contributed by atoms with Gasteiger partial charge in [0.25, 0.3) is 0 Å². The van der Waals surface area contributed by atoms with Crippen molar-refractivity contribution in [1.29, 1.82) is 0 Å². The Balaban J connectivity index is 2.86. The van der Waals surface area contributed by atoms with Gasteiger partial charge in [0.2, 0.25) is 0 Å². The molecule has 0 unspecified atom stereocenters. The zero-order valence-corrected chi connectivity index (χ0v) is 17.0. The zero-order chi connectivity index (χ0) is 18.8. The highest BCUT2D eigenvalue weighted by Gasteiger charge is 2.16. The lowest BCUT2D eigenvalue weighted by atomic mass is 9.86. The summed E-state index contributed by atoms with van der Waals surface area (Å²) in [5.74, 6) is 13.9. The third-order valence-electron chi connectivity index (χ3n) is 4.61. The molecule has 0 nitrogen and oxygen atoms in total. The third kappa shape index (κ3) is 4.71. The van der Waals surface area contributed by atoms with Crippen LogP contribution in [0, 0.1) is 23.7 Å². The van der Waals surface area contributed by atoms with Crippen LogP contribution in [-0.4, -0.2) is 0 Å². The van der Waals surface area contributed by atoms with Crippen LogP contribution in [-0.2, 0) is 12.8 Å². The highest BCUT2D eigenvalue weighted by atomic mass is 14.2. The molecule has 0 heteroatoms. The summed E-state index contributed by atoms with van der Waals surface area (Å²) in [5.41, 5.74) is 5.19. The molecule has 0 aliphatic carbocycles. The predicted molar refractivity (Wildman–Crippen MR) is 116 cm³/mol. The lowest BCUT2D eigenvalue weighted by Gasteiger charge is -2.17. The fourth-order valence-electron chi connectivity index (χ4n) is 3.43. The molecule has 0 aromatic heterocycles. The SMILES string of the molecule is CCCC#Cc1c(C#CCCC)c(CCC)c2ccccc2c1CCC. The number of hydrogen-bond acceptors (Lipinski definition) is 0. The van der Waals surface area contributed by atoms with E-state index >= 15 is 0 Å². The quantitative estimate of drug-likeness (QED) is 0.493. The summed E-state index contributed by atoms with van der Waals surface area (Å²) >= 11 is 0. The molecular formula is C26H32. The molecule has 2 aromatic carbocycles. The molecule has 0 spiro atoms. The Morgan fingerprint density at radius 3 is 1.38 bits per heavy atom. The number of unbranched alkanes of at least 4 members (excludes halogenated alkanes) is 2. The van der Waals surface area contributed by atoms with Crippen LogP contribution in [0.5, 0.6) is 0 Å². The second-order valence-electron chi connectivity index (χ2n) is 6.86. The van der Waals surface area contributed by atoms with E-state index in [-0.39, 0.29) is 0 Å². The second-order valence-corrected chi connectivity index (χ2v) is 6.86. The normalized spacial score (nSPS) is 10.2. The minimum atomic E-state index is 0.948. The Hall–Kier alpha value is -2.18. The van der Waals surface area contributed by atoms with Crippen LogP contribution in [0.25, 0.3) is 10.8 Å². The molecule has 0 amide bonds. The van der Waals surface area contributed by atoms with Gasteiger partial charge in [-0.05, 0) is 47.6 Å². The van der Waals surface area contributed by atoms with E-state index in [0.717, 1.165) is 51.4 Å². The topological polar surface area (TPSA) is 0 Å². The minimum Gasteiger partial charge on any atom is -0.0978 e. The van der Waals surface area contributed by atoms with Crippen molar-refractivity contribution < 1.29 is 0 Å². The van der Waals surface area contributed by atoms with Crippen LogP contribution in [0.4, 0.5) is 0 Å². The molecular weight excluding hydrogens is 312 g/mol. The fourth-order valence-corrected chi connectivity index (χ4v) is 3.43. The maximum absolute atomic E-state index is 3.53. The van der Waals surface area contributed by atoms with Crippen LogP contribution in [0.3, 0.4) is 0 Å². The molecule has 0 radical (unpaired) electrons. The van der Waals surface area contributed by atoms with Crippen molar-refractivity contribution in [2.24, 2.45) is 0 Å². The van der Waals surface area contributed by atoms with Crippen molar-refractivity contribution in [2.45, 2.75) is 79.1 Å². The molecule has 0 saturated heterocycles. The van der Waals surface area contributed by atoms with Crippen molar-refractivity contribution in [3.63, 3.8) is 0 Å². The van der Waals surface area contributed by atoms with Crippen molar-refractivity contribution in [3.05, 3.63) is 46.5 Å². The number of aryl methyl sites for hydroxylation is 2. The summed E-state index contributed by atoms with van der Waals surface area (Å²) in [6.45, 7) is 8.87. The van der Waals surface area contributed by atoms with E-state index in [2.05, 4.69) is 75.6 Å². The van der Waals surface area contributed by atoms with E-state index in [1.165, 1.54) is 33.0 Å². The third-order valence-corrected chi connectivity index (χ3v) is 4.61. The van der Waals surface area contributed by atoms with Gasteiger partial charge in [0, 0.05) is 24.0 Å². The molecule has 0 atom stereocenters. The summed E-state index contributed by atoms with van der Waals surface area (Å²) in [4.78, 5) is 0. The van der Waals surface area contributed by atoms with Gasteiger partial charge in [-0.15, -0.1) is 0 Å². The van der Waals surface area contributed by atoms with Crippen LogP contribution < -0.4 is 0 Å². The Kier molecular flexibility index (Phi) is 8.31. The molecule has 0 heterocycles. The second kappa shape index (κ2) is 10.7. The molecule has 0 aliphatic heterocycles. The van der Waals surface area contributed by atoms with Crippen LogP contribution >= 0.6 is 0 Å². The van der Waals surface area contributed by atoms with Gasteiger partial charge in [0.05, 0.1) is 0 Å². The van der Waals surface area contributed by atoms with E-state index in [9.17, 15) is 0 Å². The molecule has 0 N–H and O–H groups in total. The van der Waals surface area contributed by atoms with E-state index in [4.69, 9.17) is 0 Å². The average molecular weight is 345 g/mol. The van der Waals surface area contributed by atoms with E-state index in [1.807, 2.05) is 0 Å². The highest BCUT2D eigenvalue weighted by molar-refractivity contribution is 5.93. The summed E-state index contributed by atoms with van der Waals surface area (Å²) in [6.07, 6.45) is 8.47. The summed E-state index contributed by atoms with van der Waals surface area (Å²) in [6, 6.07) is 8.85. The van der Waals surface area contributed by atoms with E-state index in [1.54, 1.807) is 0 Å². The van der Waals surface area contributed by atoms with Gasteiger partial charge < -0.3 is 0 Å². The molecule has 0 bridgehead atoms. The van der Waals surface area contributed by atoms with Crippen molar-refractivity contribution in [3.8, 4) is 23.7 Å². The van der Waals surface area contributed by atoms with E-state index < -0.39 is 0 Å². The number of rotatable bonds is 6. The molecule has 2 aromatic rings. The number of hydrogen-bond donors (Lipinski definition) is 0. The molecule has 2 rings (SSSR count). The van der Waals surface area contributed by atoms with Gasteiger partial charge in [-0.25, -0.2) is 0 Å². The Morgan fingerprint density at radius 2 is 1.04 bits per heavy atom. The van der Waals surface area contributed by atoms with Gasteiger partial charge >= 0.3 is 0 Å². The first-order valence-corrected chi connectivity index (χ1v) is 10.3. The first-order valence-electron chi connectivity index (χ1n) is 10.3. The summed E-state index contributed by atoms with van der Waals surface area (Å²) in [5, 5.41) is 2.75. The largest absolute Gasteiger partial charge is 0.0978 e. The maximum atomic E-state index is 3.53. The first-order chi connectivity index (χ1) is 12.8. The first kappa shape index (κ1) is 20.1. The van der Waals surface area contributed by atoms with Gasteiger partial charge in [0.15, 0.2) is 0 Å². The lowest BCUT2D eigenvalue weighted by Crippen LogP contribution is -2.03. The van der Waals surface area contributed by atoms with Gasteiger partial charge in [0.1, 0.15) is 0 Å².